The number of aryl methyl sites for hydroxylation is 1. The van der Waals surface area contributed by atoms with Gasteiger partial charge in [0.2, 0.25) is 0 Å². The van der Waals surface area contributed by atoms with E-state index in [4.69, 9.17) is 4.52 Å². The van der Waals surface area contributed by atoms with E-state index in [1.54, 1.807) is 43.3 Å². The molecule has 2 aromatic carbocycles. The van der Waals surface area contributed by atoms with Gasteiger partial charge in [-0.1, -0.05) is 27.2 Å². The van der Waals surface area contributed by atoms with Gasteiger partial charge in [-0.3, -0.25) is 9.52 Å². The first kappa shape index (κ1) is 19.1. The second-order valence-electron chi connectivity index (χ2n) is 5.76. The van der Waals surface area contributed by atoms with Gasteiger partial charge >= 0.3 is 0 Å². The molecule has 3 aromatic rings. The van der Waals surface area contributed by atoms with E-state index in [9.17, 15) is 13.2 Å². The number of sulfonamides is 1. The number of carbonyl (C=O) groups excluding carboxylic acids is 1. The Morgan fingerprint density at radius 3 is 2.56 bits per heavy atom. The molecule has 1 heterocycles. The van der Waals surface area contributed by atoms with Gasteiger partial charge in [0.1, 0.15) is 0 Å². The van der Waals surface area contributed by atoms with Crippen LogP contribution in [0.5, 0.6) is 0 Å². The number of aromatic nitrogens is 1. The highest BCUT2D eigenvalue weighted by Gasteiger charge is 2.17. The van der Waals surface area contributed by atoms with Gasteiger partial charge in [-0.15, -0.1) is 0 Å². The average molecular weight is 450 g/mol. The summed E-state index contributed by atoms with van der Waals surface area (Å²) in [6, 6.07) is 14.3. The standard InChI is InChI=1S/C18H16BrN3O4S/c1-12-9-16(26-21-12)11-20-18(23)13-3-2-4-17(10-13)27(24,25)22-15-7-5-14(19)6-8-15/h2-10,22H,11H2,1H3,(H,20,23). The van der Waals surface area contributed by atoms with Crippen molar-refractivity contribution in [2.45, 2.75) is 18.4 Å². The average Bonchev–Trinajstić information content (AvgIpc) is 3.07. The second-order valence-corrected chi connectivity index (χ2v) is 8.36. The topological polar surface area (TPSA) is 101 Å². The number of hydrogen-bond donors (Lipinski definition) is 2. The number of amides is 1. The molecule has 3 rings (SSSR count). The van der Waals surface area contributed by atoms with Crippen LogP contribution >= 0.6 is 15.9 Å². The largest absolute Gasteiger partial charge is 0.359 e. The monoisotopic (exact) mass is 449 g/mol. The fourth-order valence-electron chi connectivity index (χ4n) is 2.31. The lowest BCUT2D eigenvalue weighted by molar-refractivity contribution is 0.0947. The van der Waals surface area contributed by atoms with Gasteiger partial charge in [0.05, 0.1) is 17.1 Å². The van der Waals surface area contributed by atoms with Crippen molar-refractivity contribution in [2.24, 2.45) is 0 Å². The quantitative estimate of drug-likeness (QED) is 0.599. The number of hydrogen-bond acceptors (Lipinski definition) is 5. The van der Waals surface area contributed by atoms with Crippen LogP contribution in [0.4, 0.5) is 5.69 Å². The fourth-order valence-corrected chi connectivity index (χ4v) is 3.67. The molecule has 2 N–H and O–H groups in total. The normalized spacial score (nSPS) is 11.2. The first-order valence-corrected chi connectivity index (χ1v) is 10.2. The molecule has 1 amide bonds. The van der Waals surface area contributed by atoms with Gasteiger partial charge in [-0.05, 0) is 49.4 Å². The van der Waals surface area contributed by atoms with Gasteiger partial charge in [0.15, 0.2) is 5.76 Å². The number of rotatable bonds is 6. The van der Waals surface area contributed by atoms with Crippen LogP contribution in [0, 0.1) is 6.92 Å². The molecule has 0 aliphatic rings. The first-order valence-electron chi connectivity index (χ1n) is 7.92. The molecular weight excluding hydrogens is 434 g/mol. The van der Waals surface area contributed by atoms with Crippen molar-refractivity contribution in [1.82, 2.24) is 10.5 Å². The first-order chi connectivity index (χ1) is 12.8. The van der Waals surface area contributed by atoms with Crippen molar-refractivity contribution in [3.8, 4) is 0 Å². The lowest BCUT2D eigenvalue weighted by atomic mass is 10.2. The Labute approximate surface area is 164 Å². The van der Waals surface area contributed by atoms with Gasteiger partial charge in [0, 0.05) is 21.8 Å². The third kappa shape index (κ3) is 4.95. The van der Waals surface area contributed by atoms with Crippen LogP contribution in [0.25, 0.3) is 0 Å². The van der Waals surface area contributed by atoms with Crippen molar-refractivity contribution in [3.05, 3.63) is 76.1 Å². The minimum Gasteiger partial charge on any atom is -0.359 e. The Bertz CT molecular complexity index is 1060. The number of nitrogens with zero attached hydrogens (tertiary/aromatic N) is 1. The van der Waals surface area contributed by atoms with E-state index in [2.05, 4.69) is 31.1 Å². The third-order valence-electron chi connectivity index (χ3n) is 3.60. The van der Waals surface area contributed by atoms with Crippen LogP contribution in [0.1, 0.15) is 21.8 Å². The molecule has 0 atom stereocenters. The van der Waals surface area contributed by atoms with Gasteiger partial charge in [-0.2, -0.15) is 0 Å². The van der Waals surface area contributed by atoms with Crippen molar-refractivity contribution in [3.63, 3.8) is 0 Å². The zero-order chi connectivity index (χ0) is 19.4. The number of nitrogens with one attached hydrogen (secondary N) is 2. The minimum atomic E-state index is -3.82. The number of anilines is 1. The lowest BCUT2D eigenvalue weighted by Gasteiger charge is -2.09. The van der Waals surface area contributed by atoms with Gasteiger partial charge < -0.3 is 9.84 Å². The molecule has 0 bridgehead atoms. The zero-order valence-corrected chi connectivity index (χ0v) is 16.7. The highest BCUT2D eigenvalue weighted by atomic mass is 79.9. The Balaban J connectivity index is 1.73. The van der Waals surface area contributed by atoms with Crippen LogP contribution < -0.4 is 10.0 Å². The Morgan fingerprint density at radius 2 is 1.89 bits per heavy atom. The summed E-state index contributed by atoms with van der Waals surface area (Å²) in [6.07, 6.45) is 0. The maximum absolute atomic E-state index is 12.6. The van der Waals surface area contributed by atoms with E-state index >= 15 is 0 Å². The molecule has 0 radical (unpaired) electrons. The maximum Gasteiger partial charge on any atom is 0.261 e. The molecule has 0 spiro atoms. The minimum absolute atomic E-state index is 0.00595. The predicted octanol–water partition coefficient (Wildman–Crippen LogP) is 3.48. The molecule has 7 nitrogen and oxygen atoms in total. The second kappa shape index (κ2) is 7.93. The van der Waals surface area contributed by atoms with E-state index in [0.29, 0.717) is 17.1 Å². The van der Waals surface area contributed by atoms with Gasteiger partial charge in [0.25, 0.3) is 15.9 Å². The predicted molar refractivity (Wildman–Crippen MR) is 104 cm³/mol. The molecule has 0 saturated carbocycles. The lowest BCUT2D eigenvalue weighted by Crippen LogP contribution is -2.23. The molecule has 0 aliphatic heterocycles. The van der Waals surface area contributed by atoms with Crippen LogP contribution in [-0.2, 0) is 16.6 Å². The summed E-state index contributed by atoms with van der Waals surface area (Å²) < 4.78 is 33.5. The molecule has 0 unspecified atom stereocenters. The van der Waals surface area contributed by atoms with Crippen molar-refractivity contribution >= 4 is 37.5 Å². The molecular formula is C18H16BrN3O4S. The van der Waals surface area contributed by atoms with Crippen molar-refractivity contribution in [1.29, 1.82) is 0 Å². The molecule has 0 aliphatic carbocycles. The SMILES string of the molecule is Cc1cc(CNC(=O)c2cccc(S(=O)(=O)Nc3ccc(Br)cc3)c2)on1. The van der Waals surface area contributed by atoms with E-state index < -0.39 is 15.9 Å². The van der Waals surface area contributed by atoms with E-state index in [1.807, 2.05) is 0 Å². The third-order valence-corrected chi connectivity index (χ3v) is 5.51. The maximum atomic E-state index is 12.6. The highest BCUT2D eigenvalue weighted by molar-refractivity contribution is 9.10. The van der Waals surface area contributed by atoms with Crippen molar-refractivity contribution in [2.75, 3.05) is 4.72 Å². The van der Waals surface area contributed by atoms with Crippen molar-refractivity contribution < 1.29 is 17.7 Å². The summed E-state index contributed by atoms with van der Waals surface area (Å²) in [6.45, 7) is 1.94. The van der Waals surface area contributed by atoms with Crippen LogP contribution in [0.2, 0.25) is 0 Å². The summed E-state index contributed by atoms with van der Waals surface area (Å²) in [7, 11) is -3.82. The van der Waals surface area contributed by atoms with Crippen LogP contribution in [-0.4, -0.2) is 19.5 Å². The summed E-state index contributed by atoms with van der Waals surface area (Å²) in [5, 5.41) is 6.41. The number of halogens is 1. The van der Waals surface area contributed by atoms with Crippen LogP contribution in [0.3, 0.4) is 0 Å². The van der Waals surface area contributed by atoms with Gasteiger partial charge in [-0.25, -0.2) is 8.42 Å². The van der Waals surface area contributed by atoms with Crippen LogP contribution in [0.15, 0.2) is 68.5 Å². The molecule has 9 heteroatoms. The smallest absolute Gasteiger partial charge is 0.261 e. The number of benzene rings is 2. The summed E-state index contributed by atoms with van der Waals surface area (Å²) in [5.74, 6) is 0.103. The molecule has 0 fully saturated rings. The summed E-state index contributed by atoms with van der Waals surface area (Å²) in [5.41, 5.74) is 1.37. The molecule has 27 heavy (non-hydrogen) atoms. The Morgan fingerprint density at radius 1 is 1.15 bits per heavy atom. The summed E-state index contributed by atoms with van der Waals surface area (Å²) in [4.78, 5) is 12.3. The molecule has 1 aromatic heterocycles. The Kier molecular flexibility index (Phi) is 5.62. The van der Waals surface area contributed by atoms with E-state index in [1.165, 1.54) is 18.2 Å². The number of carbonyl (C=O) groups is 1. The highest BCUT2D eigenvalue weighted by Crippen LogP contribution is 2.19. The summed E-state index contributed by atoms with van der Waals surface area (Å²) >= 11 is 3.30. The zero-order valence-electron chi connectivity index (χ0n) is 14.3. The molecule has 0 saturated heterocycles. The molecule has 140 valence electrons. The van der Waals surface area contributed by atoms with E-state index in [-0.39, 0.29) is 17.0 Å². The van der Waals surface area contributed by atoms with E-state index in [0.717, 1.165) is 4.47 Å². The fraction of sp³-hybridized carbons (Fsp3) is 0.111. The Hall–Kier alpha value is -2.65.